The van der Waals surface area contributed by atoms with Gasteiger partial charge >= 0.3 is 0 Å². The highest BCUT2D eigenvalue weighted by atomic mass is 16.5. The molecule has 1 aliphatic rings. The largest absolute Gasteiger partial charge is 0.493 e. The van der Waals surface area contributed by atoms with E-state index in [1.165, 1.54) is 0 Å². The number of rotatable bonds is 5. The predicted octanol–water partition coefficient (Wildman–Crippen LogP) is 3.31. The molecule has 0 aromatic heterocycles. The van der Waals surface area contributed by atoms with Crippen LogP contribution in [-0.4, -0.2) is 44.2 Å². The molecule has 1 saturated heterocycles. The minimum absolute atomic E-state index is 0.0226. The summed E-state index contributed by atoms with van der Waals surface area (Å²) in [7, 11) is 1.58. The van der Waals surface area contributed by atoms with Gasteiger partial charge in [-0.15, -0.1) is 0 Å². The van der Waals surface area contributed by atoms with E-state index < -0.39 is 0 Å². The number of ether oxygens (including phenoxy) is 3. The standard InChI is InChI=1S/C20H23NO4/c1-3-24-17-10-9-16(13-18(17)23-2)20(22)21-11-12-25-19(14-21)15-7-5-4-6-8-15/h4-10,13,19H,3,11-12,14H2,1-2H3. The lowest BCUT2D eigenvalue weighted by molar-refractivity contribution is -0.0228. The molecule has 0 N–H and O–H groups in total. The fraction of sp³-hybridized carbons (Fsp3) is 0.350. The molecule has 5 heteroatoms. The van der Waals surface area contributed by atoms with Crippen molar-refractivity contribution in [3.8, 4) is 11.5 Å². The van der Waals surface area contributed by atoms with Gasteiger partial charge in [0.05, 0.1) is 26.9 Å². The van der Waals surface area contributed by atoms with Crippen molar-refractivity contribution in [2.24, 2.45) is 0 Å². The predicted molar refractivity (Wildman–Crippen MR) is 95.2 cm³/mol. The van der Waals surface area contributed by atoms with Crippen molar-refractivity contribution in [1.82, 2.24) is 4.90 Å². The van der Waals surface area contributed by atoms with Crippen LogP contribution >= 0.6 is 0 Å². The van der Waals surface area contributed by atoms with Crippen molar-refractivity contribution in [3.63, 3.8) is 0 Å². The molecule has 0 saturated carbocycles. The van der Waals surface area contributed by atoms with Crippen LogP contribution in [0.2, 0.25) is 0 Å². The van der Waals surface area contributed by atoms with Crippen molar-refractivity contribution >= 4 is 5.91 Å². The van der Waals surface area contributed by atoms with E-state index in [9.17, 15) is 4.79 Å². The number of hydrogen-bond donors (Lipinski definition) is 0. The molecular weight excluding hydrogens is 318 g/mol. The Kier molecular flexibility index (Phi) is 5.56. The summed E-state index contributed by atoms with van der Waals surface area (Å²) in [6.07, 6.45) is -0.0940. The molecule has 132 valence electrons. The van der Waals surface area contributed by atoms with Crippen LogP contribution in [0.3, 0.4) is 0 Å². The highest BCUT2D eigenvalue weighted by Crippen LogP contribution is 2.29. The minimum Gasteiger partial charge on any atom is -0.493 e. The first-order valence-electron chi connectivity index (χ1n) is 8.49. The molecule has 1 unspecified atom stereocenters. The zero-order valence-corrected chi connectivity index (χ0v) is 14.6. The normalized spacial score (nSPS) is 17.2. The highest BCUT2D eigenvalue weighted by Gasteiger charge is 2.26. The van der Waals surface area contributed by atoms with E-state index in [1.54, 1.807) is 25.3 Å². The molecule has 2 aromatic rings. The minimum atomic E-state index is -0.0940. The number of amides is 1. The summed E-state index contributed by atoms with van der Waals surface area (Å²) >= 11 is 0. The van der Waals surface area contributed by atoms with Crippen LogP contribution in [0.15, 0.2) is 48.5 Å². The fourth-order valence-electron chi connectivity index (χ4n) is 2.96. The third-order valence-corrected chi connectivity index (χ3v) is 4.24. The van der Waals surface area contributed by atoms with Crippen molar-refractivity contribution in [2.45, 2.75) is 13.0 Å². The van der Waals surface area contributed by atoms with Gasteiger partial charge in [0.1, 0.15) is 6.10 Å². The molecule has 0 bridgehead atoms. The number of hydrogen-bond acceptors (Lipinski definition) is 4. The van der Waals surface area contributed by atoms with E-state index in [0.29, 0.717) is 43.4 Å². The lowest BCUT2D eigenvalue weighted by atomic mass is 10.1. The second-order valence-corrected chi connectivity index (χ2v) is 5.82. The maximum atomic E-state index is 12.9. The van der Waals surface area contributed by atoms with Crippen LogP contribution < -0.4 is 9.47 Å². The van der Waals surface area contributed by atoms with Gasteiger partial charge in [-0.25, -0.2) is 0 Å². The maximum absolute atomic E-state index is 12.9. The molecule has 1 fully saturated rings. The summed E-state index contributed by atoms with van der Waals surface area (Å²) in [6.45, 7) is 4.11. The van der Waals surface area contributed by atoms with E-state index in [0.717, 1.165) is 5.56 Å². The fourth-order valence-corrected chi connectivity index (χ4v) is 2.96. The average Bonchev–Trinajstić information content (AvgIpc) is 2.69. The molecule has 1 heterocycles. The van der Waals surface area contributed by atoms with Crippen molar-refractivity contribution < 1.29 is 19.0 Å². The monoisotopic (exact) mass is 341 g/mol. The number of morpholine rings is 1. The summed E-state index contributed by atoms with van der Waals surface area (Å²) in [5.41, 5.74) is 1.68. The van der Waals surface area contributed by atoms with Crippen molar-refractivity contribution in [1.29, 1.82) is 0 Å². The lowest BCUT2D eigenvalue weighted by Crippen LogP contribution is -2.42. The third-order valence-electron chi connectivity index (χ3n) is 4.24. The molecule has 0 radical (unpaired) electrons. The second kappa shape index (κ2) is 8.03. The van der Waals surface area contributed by atoms with Gasteiger partial charge in [-0.1, -0.05) is 30.3 Å². The topological polar surface area (TPSA) is 48.0 Å². The first kappa shape index (κ1) is 17.3. The highest BCUT2D eigenvalue weighted by molar-refractivity contribution is 5.95. The first-order valence-corrected chi connectivity index (χ1v) is 8.49. The molecule has 2 aromatic carbocycles. The number of nitrogens with zero attached hydrogens (tertiary/aromatic N) is 1. The van der Waals surface area contributed by atoms with E-state index in [-0.39, 0.29) is 12.0 Å². The van der Waals surface area contributed by atoms with Gasteiger partial charge in [-0.3, -0.25) is 4.79 Å². The van der Waals surface area contributed by atoms with Gasteiger partial charge in [0.15, 0.2) is 11.5 Å². The van der Waals surface area contributed by atoms with Crippen LogP contribution in [-0.2, 0) is 4.74 Å². The zero-order chi connectivity index (χ0) is 17.6. The summed E-state index contributed by atoms with van der Waals surface area (Å²) in [4.78, 5) is 14.7. The summed E-state index contributed by atoms with van der Waals surface area (Å²) < 4.78 is 16.7. The molecular formula is C20H23NO4. The molecule has 1 amide bonds. The Labute approximate surface area is 148 Å². The Morgan fingerprint density at radius 3 is 2.72 bits per heavy atom. The summed E-state index contributed by atoms with van der Waals surface area (Å²) in [5.74, 6) is 1.19. The van der Waals surface area contributed by atoms with E-state index in [4.69, 9.17) is 14.2 Å². The lowest BCUT2D eigenvalue weighted by Gasteiger charge is -2.33. The van der Waals surface area contributed by atoms with E-state index >= 15 is 0 Å². The number of carbonyl (C=O) groups excluding carboxylic acids is 1. The van der Waals surface area contributed by atoms with E-state index in [1.807, 2.05) is 42.2 Å². The Balaban J connectivity index is 1.76. The third kappa shape index (κ3) is 3.94. The van der Waals surface area contributed by atoms with Gasteiger partial charge in [0.25, 0.3) is 5.91 Å². The Morgan fingerprint density at radius 2 is 2.00 bits per heavy atom. The average molecular weight is 341 g/mol. The molecule has 0 aliphatic carbocycles. The number of methoxy groups -OCH3 is 1. The SMILES string of the molecule is CCOc1ccc(C(=O)N2CCOC(c3ccccc3)C2)cc1OC. The van der Waals surface area contributed by atoms with Gasteiger partial charge in [-0.2, -0.15) is 0 Å². The molecule has 3 rings (SSSR count). The van der Waals surface area contributed by atoms with Crippen LogP contribution in [0.25, 0.3) is 0 Å². The molecule has 1 atom stereocenters. The molecule has 1 aliphatic heterocycles. The van der Waals surface area contributed by atoms with Crippen LogP contribution in [0.5, 0.6) is 11.5 Å². The van der Waals surface area contributed by atoms with Crippen LogP contribution in [0, 0.1) is 0 Å². The Hall–Kier alpha value is -2.53. The van der Waals surface area contributed by atoms with Gasteiger partial charge in [0, 0.05) is 12.1 Å². The van der Waals surface area contributed by atoms with Crippen molar-refractivity contribution in [2.75, 3.05) is 33.4 Å². The Morgan fingerprint density at radius 1 is 1.20 bits per heavy atom. The number of benzene rings is 2. The smallest absolute Gasteiger partial charge is 0.254 e. The first-order chi connectivity index (χ1) is 12.2. The van der Waals surface area contributed by atoms with E-state index in [2.05, 4.69) is 0 Å². The summed E-state index contributed by atoms with van der Waals surface area (Å²) in [6, 6.07) is 15.3. The van der Waals surface area contributed by atoms with Crippen LogP contribution in [0.4, 0.5) is 0 Å². The quantitative estimate of drug-likeness (QED) is 0.837. The van der Waals surface area contributed by atoms with Gasteiger partial charge in [-0.05, 0) is 30.7 Å². The molecule has 5 nitrogen and oxygen atoms in total. The van der Waals surface area contributed by atoms with Gasteiger partial charge in [0.2, 0.25) is 0 Å². The number of carbonyl (C=O) groups is 1. The Bertz CT molecular complexity index is 717. The second-order valence-electron chi connectivity index (χ2n) is 5.82. The summed E-state index contributed by atoms with van der Waals surface area (Å²) in [5, 5.41) is 0. The van der Waals surface area contributed by atoms with Crippen molar-refractivity contribution in [3.05, 3.63) is 59.7 Å². The van der Waals surface area contributed by atoms with Gasteiger partial charge < -0.3 is 19.1 Å². The molecule has 25 heavy (non-hydrogen) atoms. The maximum Gasteiger partial charge on any atom is 0.254 e. The molecule has 0 spiro atoms. The van der Waals surface area contributed by atoms with Crippen LogP contribution in [0.1, 0.15) is 28.9 Å². The zero-order valence-electron chi connectivity index (χ0n) is 14.6.